The van der Waals surface area contributed by atoms with Crippen LogP contribution in [-0.2, 0) is 16.7 Å². The summed E-state index contributed by atoms with van der Waals surface area (Å²) in [6.45, 7) is 7.73. The number of carbonyl (C=O) groups excluding carboxylic acids is 1. The van der Waals surface area contributed by atoms with Crippen LogP contribution in [0.5, 0.6) is 5.75 Å². The Kier molecular flexibility index (Phi) is 5.36. The van der Waals surface area contributed by atoms with E-state index in [-0.39, 0.29) is 11.2 Å². The molecule has 1 aromatic heterocycles. The van der Waals surface area contributed by atoms with Gasteiger partial charge in [-0.25, -0.2) is 9.78 Å². The molecule has 0 saturated heterocycles. The first kappa shape index (κ1) is 17.0. The molecule has 2 aromatic rings. The van der Waals surface area contributed by atoms with Gasteiger partial charge in [0.2, 0.25) is 0 Å². The van der Waals surface area contributed by atoms with Crippen molar-refractivity contribution in [1.82, 2.24) is 14.8 Å². The first-order chi connectivity index (χ1) is 10.9. The number of esters is 1. The van der Waals surface area contributed by atoms with Crippen molar-refractivity contribution in [2.75, 3.05) is 13.7 Å². The first-order valence-corrected chi connectivity index (χ1v) is 7.61. The quantitative estimate of drug-likeness (QED) is 0.605. The van der Waals surface area contributed by atoms with E-state index in [1.165, 1.54) is 19.0 Å². The number of hydrogen-bond donors (Lipinski definition) is 0. The van der Waals surface area contributed by atoms with Gasteiger partial charge in [-0.1, -0.05) is 32.9 Å². The molecule has 0 bridgehead atoms. The zero-order valence-corrected chi connectivity index (χ0v) is 14.1. The van der Waals surface area contributed by atoms with Crippen LogP contribution >= 0.6 is 0 Å². The van der Waals surface area contributed by atoms with E-state index in [4.69, 9.17) is 4.74 Å². The highest BCUT2D eigenvalue weighted by molar-refractivity contribution is 5.84. The highest BCUT2D eigenvalue weighted by atomic mass is 16.5. The summed E-state index contributed by atoms with van der Waals surface area (Å²) in [6, 6.07) is 8.15. The van der Waals surface area contributed by atoms with Gasteiger partial charge < -0.3 is 9.47 Å². The lowest BCUT2D eigenvalue weighted by atomic mass is 9.87. The molecule has 1 heterocycles. The summed E-state index contributed by atoms with van der Waals surface area (Å²) in [6.07, 6.45) is 2.29. The standard InChI is InChI=1S/C17H23N3O3/c1-17(2,3)13-7-5-8-14(11-13)23-10-6-9-20-12-18-15(19-20)16(21)22-4/h5,7-8,11-12H,6,9-10H2,1-4H3. The Morgan fingerprint density at radius 3 is 2.78 bits per heavy atom. The number of nitrogens with zero attached hydrogens (tertiary/aromatic N) is 3. The van der Waals surface area contributed by atoms with Crippen molar-refractivity contribution in [1.29, 1.82) is 0 Å². The van der Waals surface area contributed by atoms with Gasteiger partial charge in [0.25, 0.3) is 5.82 Å². The average Bonchev–Trinajstić information content (AvgIpc) is 2.99. The molecule has 6 nitrogen and oxygen atoms in total. The summed E-state index contributed by atoms with van der Waals surface area (Å²) in [5.74, 6) is 0.413. The minimum Gasteiger partial charge on any atom is -0.494 e. The van der Waals surface area contributed by atoms with Gasteiger partial charge in [0.15, 0.2) is 0 Å². The highest BCUT2D eigenvalue weighted by Crippen LogP contribution is 2.25. The third-order valence-electron chi connectivity index (χ3n) is 3.40. The van der Waals surface area contributed by atoms with Gasteiger partial charge in [-0.3, -0.25) is 4.68 Å². The Balaban J connectivity index is 1.82. The number of rotatable bonds is 6. The number of benzene rings is 1. The number of methoxy groups -OCH3 is 1. The molecule has 0 radical (unpaired) electrons. The third kappa shape index (κ3) is 4.81. The van der Waals surface area contributed by atoms with Crippen molar-refractivity contribution in [2.45, 2.75) is 39.2 Å². The molecule has 0 saturated carbocycles. The van der Waals surface area contributed by atoms with Crippen molar-refractivity contribution in [3.8, 4) is 5.75 Å². The summed E-state index contributed by atoms with van der Waals surface area (Å²) in [7, 11) is 1.31. The Morgan fingerprint density at radius 1 is 1.30 bits per heavy atom. The average molecular weight is 317 g/mol. The van der Waals surface area contributed by atoms with Crippen molar-refractivity contribution in [3.05, 3.63) is 42.0 Å². The Labute approximate surface area is 136 Å². The van der Waals surface area contributed by atoms with E-state index < -0.39 is 5.97 Å². The topological polar surface area (TPSA) is 66.2 Å². The van der Waals surface area contributed by atoms with E-state index >= 15 is 0 Å². The normalized spacial score (nSPS) is 11.3. The molecular formula is C17H23N3O3. The fraction of sp³-hybridized carbons (Fsp3) is 0.471. The molecule has 124 valence electrons. The summed E-state index contributed by atoms with van der Waals surface area (Å²) in [5, 5.41) is 4.05. The lowest BCUT2D eigenvalue weighted by Gasteiger charge is -2.19. The molecule has 0 aliphatic carbocycles. The van der Waals surface area contributed by atoms with Crippen molar-refractivity contribution >= 4 is 5.97 Å². The van der Waals surface area contributed by atoms with Gasteiger partial charge >= 0.3 is 5.97 Å². The Hall–Kier alpha value is -2.37. The fourth-order valence-corrected chi connectivity index (χ4v) is 2.06. The molecule has 23 heavy (non-hydrogen) atoms. The molecule has 0 aliphatic heterocycles. The molecule has 0 spiro atoms. The number of carbonyl (C=O) groups is 1. The summed E-state index contributed by atoms with van der Waals surface area (Å²) >= 11 is 0. The van der Waals surface area contributed by atoms with Crippen LogP contribution in [0.1, 0.15) is 43.4 Å². The molecule has 0 N–H and O–H groups in total. The first-order valence-electron chi connectivity index (χ1n) is 7.61. The maximum atomic E-state index is 11.3. The Bertz CT molecular complexity index is 659. The molecular weight excluding hydrogens is 294 g/mol. The zero-order chi connectivity index (χ0) is 16.9. The second kappa shape index (κ2) is 7.26. The van der Waals surface area contributed by atoms with E-state index in [1.807, 2.05) is 12.1 Å². The van der Waals surface area contributed by atoms with Crippen molar-refractivity contribution in [2.24, 2.45) is 0 Å². The van der Waals surface area contributed by atoms with Crippen LogP contribution < -0.4 is 4.74 Å². The van der Waals surface area contributed by atoms with E-state index in [2.05, 4.69) is 47.7 Å². The Morgan fingerprint density at radius 2 is 2.09 bits per heavy atom. The molecule has 2 rings (SSSR count). The second-order valence-electron chi connectivity index (χ2n) is 6.30. The maximum absolute atomic E-state index is 11.3. The van der Waals surface area contributed by atoms with E-state index in [0.29, 0.717) is 13.2 Å². The lowest BCUT2D eigenvalue weighted by Crippen LogP contribution is -2.11. The number of aromatic nitrogens is 3. The van der Waals surface area contributed by atoms with Crippen LogP contribution in [0.2, 0.25) is 0 Å². The monoisotopic (exact) mass is 317 g/mol. The second-order valence-corrected chi connectivity index (χ2v) is 6.30. The van der Waals surface area contributed by atoms with Crippen molar-refractivity contribution in [3.63, 3.8) is 0 Å². The number of aryl methyl sites for hydroxylation is 1. The minimum absolute atomic E-state index is 0.0753. The smallest absolute Gasteiger partial charge is 0.377 e. The molecule has 0 amide bonds. The third-order valence-corrected chi connectivity index (χ3v) is 3.40. The fourth-order valence-electron chi connectivity index (χ4n) is 2.06. The van der Waals surface area contributed by atoms with E-state index in [1.54, 1.807) is 4.68 Å². The van der Waals surface area contributed by atoms with Crippen LogP contribution in [0.25, 0.3) is 0 Å². The van der Waals surface area contributed by atoms with Crippen LogP contribution in [0.3, 0.4) is 0 Å². The van der Waals surface area contributed by atoms with Crippen molar-refractivity contribution < 1.29 is 14.3 Å². The summed E-state index contributed by atoms with van der Waals surface area (Å²) in [4.78, 5) is 15.2. The highest BCUT2D eigenvalue weighted by Gasteiger charge is 2.14. The molecule has 0 fully saturated rings. The van der Waals surface area contributed by atoms with E-state index in [9.17, 15) is 4.79 Å². The van der Waals surface area contributed by atoms with Crippen LogP contribution in [0, 0.1) is 0 Å². The minimum atomic E-state index is -0.529. The molecule has 0 atom stereocenters. The largest absolute Gasteiger partial charge is 0.494 e. The van der Waals surface area contributed by atoms with Crippen LogP contribution in [0.4, 0.5) is 0 Å². The molecule has 1 aromatic carbocycles. The van der Waals surface area contributed by atoms with Gasteiger partial charge in [0.05, 0.1) is 13.7 Å². The summed E-state index contributed by atoms with van der Waals surface area (Å²) < 4.78 is 12.0. The summed E-state index contributed by atoms with van der Waals surface area (Å²) in [5.41, 5.74) is 1.35. The number of ether oxygens (including phenoxy) is 2. The maximum Gasteiger partial charge on any atom is 0.377 e. The SMILES string of the molecule is COC(=O)c1ncn(CCCOc2cccc(C(C)(C)C)c2)n1. The number of hydrogen-bond acceptors (Lipinski definition) is 5. The van der Waals surface area contributed by atoms with Gasteiger partial charge in [-0.05, 0) is 23.1 Å². The zero-order valence-electron chi connectivity index (χ0n) is 14.1. The lowest BCUT2D eigenvalue weighted by molar-refractivity contribution is 0.0586. The van der Waals surface area contributed by atoms with E-state index in [0.717, 1.165) is 12.2 Å². The van der Waals surface area contributed by atoms with Crippen LogP contribution in [-0.4, -0.2) is 34.5 Å². The van der Waals surface area contributed by atoms with Gasteiger partial charge in [-0.2, -0.15) is 0 Å². The van der Waals surface area contributed by atoms with Gasteiger partial charge in [0.1, 0.15) is 12.1 Å². The van der Waals surface area contributed by atoms with Gasteiger partial charge in [0, 0.05) is 13.0 Å². The predicted molar refractivity (Wildman–Crippen MR) is 86.6 cm³/mol. The molecule has 6 heteroatoms. The predicted octanol–water partition coefficient (Wildman–Crippen LogP) is 2.83. The van der Waals surface area contributed by atoms with Gasteiger partial charge in [-0.15, -0.1) is 5.10 Å². The molecule has 0 aliphatic rings. The molecule has 0 unspecified atom stereocenters. The van der Waals surface area contributed by atoms with Crippen LogP contribution in [0.15, 0.2) is 30.6 Å².